The number of aliphatic hydroxyl groups excluding tert-OH is 6. The molecule has 8 N–H and O–H groups in total. The molecular weight excluding hydrogens is 1120 g/mol. The van der Waals surface area contributed by atoms with E-state index in [1.807, 2.05) is 99.1 Å². The topological polar surface area (TPSA) is 228 Å². The maximum absolute atomic E-state index is 9.86. The molecule has 0 aliphatic carbocycles. The molecule has 8 atom stereocenters. The minimum atomic E-state index is -1.41. The maximum Gasteiger partial charge on any atom is 0.488 e. The first-order valence-corrected chi connectivity index (χ1v) is 24.8. The Bertz CT molecular complexity index is 2370. The zero-order valence-electron chi connectivity index (χ0n) is 38.8. The van der Waals surface area contributed by atoms with Crippen molar-refractivity contribution < 1.29 is 59.6 Å². The van der Waals surface area contributed by atoms with Crippen LogP contribution in [0.4, 0.5) is 0 Å². The number of alkyl halides is 1. The predicted molar refractivity (Wildman–Crippen MR) is 283 cm³/mol. The number of ether oxygens (including phenoxy) is 4. The SMILES string of the molecule is CCc1ccnc(-c2cc(CBr)ccn2)c1.CN(C)C.OB(O)c1ccc(Cl)cc1.OC1COC(Oc2ccc(-c3ccc(Cl)cc3)cc2)C(O)C1O.OC1COC(Oc2ccc(I)cc2)C(O)C1O. The molecule has 70 heavy (non-hydrogen) atoms. The summed E-state index contributed by atoms with van der Waals surface area (Å²) >= 11 is 17.0. The molecule has 376 valence electrons. The summed E-state index contributed by atoms with van der Waals surface area (Å²) in [6.07, 6.45) is -4.61. The number of aryl methyl sites for hydroxylation is 1. The molecule has 0 radical (unpaired) electrons. The third-order valence-electron chi connectivity index (χ3n) is 9.90. The van der Waals surface area contributed by atoms with Gasteiger partial charge in [-0.3, -0.25) is 9.97 Å². The van der Waals surface area contributed by atoms with E-state index in [2.05, 4.69) is 67.5 Å². The van der Waals surface area contributed by atoms with Crippen molar-refractivity contribution in [3.05, 3.63) is 158 Å². The van der Waals surface area contributed by atoms with Gasteiger partial charge in [0.15, 0.2) is 0 Å². The summed E-state index contributed by atoms with van der Waals surface area (Å²) in [6, 6.07) is 36.5. The lowest BCUT2D eigenvalue weighted by molar-refractivity contribution is -0.242. The number of pyridine rings is 2. The summed E-state index contributed by atoms with van der Waals surface area (Å²) in [7, 11) is 4.59. The van der Waals surface area contributed by atoms with E-state index in [1.165, 1.54) is 11.1 Å². The highest BCUT2D eigenvalue weighted by atomic mass is 127. The molecule has 2 aliphatic heterocycles. The summed E-state index contributed by atoms with van der Waals surface area (Å²) in [5.41, 5.74) is 6.85. The number of rotatable bonds is 9. The van der Waals surface area contributed by atoms with E-state index in [4.69, 9.17) is 52.2 Å². The quantitative estimate of drug-likeness (QED) is 0.0491. The Labute approximate surface area is 440 Å². The smallest absolute Gasteiger partial charge is 0.462 e. The third-order valence-corrected chi connectivity index (χ3v) is 11.8. The minimum absolute atomic E-state index is 0.0622. The molecule has 0 spiro atoms. The Hall–Kier alpha value is -3.81. The molecule has 4 heterocycles. The fourth-order valence-corrected chi connectivity index (χ4v) is 7.04. The maximum atomic E-state index is 9.86. The molecule has 2 saturated heterocycles. The zero-order chi connectivity index (χ0) is 51.3. The van der Waals surface area contributed by atoms with Crippen LogP contribution < -0.4 is 14.9 Å². The van der Waals surface area contributed by atoms with E-state index in [-0.39, 0.29) is 13.2 Å². The summed E-state index contributed by atoms with van der Waals surface area (Å²) in [4.78, 5) is 10.7. The van der Waals surface area contributed by atoms with Crippen molar-refractivity contribution in [2.24, 2.45) is 0 Å². The van der Waals surface area contributed by atoms with Gasteiger partial charge in [-0.1, -0.05) is 82.5 Å². The minimum Gasteiger partial charge on any atom is -0.462 e. The van der Waals surface area contributed by atoms with Crippen molar-refractivity contribution in [3.8, 4) is 34.0 Å². The number of halogens is 4. The first-order valence-electron chi connectivity index (χ1n) is 21.8. The molecule has 0 bridgehead atoms. The highest BCUT2D eigenvalue weighted by Crippen LogP contribution is 2.27. The Morgan fingerprint density at radius 3 is 1.41 bits per heavy atom. The fraction of sp³-hybridized carbons (Fsp3) is 0.320. The van der Waals surface area contributed by atoms with Crippen LogP contribution in [0.25, 0.3) is 22.5 Å². The van der Waals surface area contributed by atoms with Crippen LogP contribution in [0.1, 0.15) is 18.1 Å². The van der Waals surface area contributed by atoms with E-state index in [9.17, 15) is 30.6 Å². The van der Waals surface area contributed by atoms with Gasteiger partial charge in [0.25, 0.3) is 0 Å². The number of aromatic nitrogens is 2. The molecule has 2 aliphatic rings. The molecular formula is C50H58BBrCl2IN3O12. The van der Waals surface area contributed by atoms with Crippen molar-refractivity contribution in [1.29, 1.82) is 0 Å². The van der Waals surface area contributed by atoms with Crippen molar-refractivity contribution in [2.45, 2.75) is 67.9 Å². The second-order valence-electron chi connectivity index (χ2n) is 16.1. The second kappa shape index (κ2) is 30.3. The lowest BCUT2D eigenvalue weighted by Gasteiger charge is -2.34. The summed E-state index contributed by atoms with van der Waals surface area (Å²) in [5.74, 6) is 1.04. The molecule has 0 saturated carbocycles. The largest absolute Gasteiger partial charge is 0.488 e. The summed E-state index contributed by atoms with van der Waals surface area (Å²) in [6.45, 7) is 1.99. The van der Waals surface area contributed by atoms with Crippen LogP contribution in [0, 0.1) is 3.57 Å². The van der Waals surface area contributed by atoms with Gasteiger partial charge < -0.3 is 64.5 Å². The zero-order valence-corrected chi connectivity index (χ0v) is 44.0. The van der Waals surface area contributed by atoms with Crippen molar-refractivity contribution in [3.63, 3.8) is 0 Å². The van der Waals surface area contributed by atoms with Crippen molar-refractivity contribution >= 4 is 74.3 Å². The van der Waals surface area contributed by atoms with Crippen LogP contribution in [0.3, 0.4) is 0 Å². The number of hydrogen-bond donors (Lipinski definition) is 8. The number of nitrogens with zero attached hydrogens (tertiary/aromatic N) is 3. The van der Waals surface area contributed by atoms with E-state index in [1.54, 1.807) is 48.5 Å². The van der Waals surface area contributed by atoms with E-state index < -0.39 is 56.3 Å². The first-order chi connectivity index (χ1) is 33.4. The molecule has 8 rings (SSSR count). The van der Waals surface area contributed by atoms with Gasteiger partial charge in [-0.2, -0.15) is 0 Å². The van der Waals surface area contributed by atoms with Gasteiger partial charge in [0.2, 0.25) is 12.6 Å². The molecule has 2 aromatic heterocycles. The summed E-state index contributed by atoms with van der Waals surface area (Å²) < 4.78 is 22.3. The van der Waals surface area contributed by atoms with Crippen LogP contribution in [-0.4, -0.2) is 146 Å². The molecule has 8 unspecified atom stereocenters. The average molecular weight is 1180 g/mol. The van der Waals surface area contributed by atoms with Crippen LogP contribution in [0.5, 0.6) is 11.5 Å². The molecule has 20 heteroatoms. The Morgan fingerprint density at radius 2 is 1.00 bits per heavy atom. The van der Waals surface area contributed by atoms with Crippen LogP contribution in [0.15, 0.2) is 134 Å². The van der Waals surface area contributed by atoms with Crippen LogP contribution in [0.2, 0.25) is 10.0 Å². The first kappa shape index (κ1) is 58.8. The standard InChI is InChI=1S/C17H17ClO5.C13H13BrN2.C11H13IO5.C6H6BClO2.C3H9N/c18-12-5-1-10(2-6-12)11-3-7-13(8-4-11)23-17-16(21)15(20)14(19)9-22-17;1-2-10-3-5-15-12(7-10)13-8-11(9-14)4-6-16-13;12-6-1-3-7(4-2-6)17-11-10(15)9(14)8(13)5-16-11;8-6-3-1-5(2-4-6)7(9)10;1-4(2)3/h1-8,14-17,19-21H,9H2;3-8H,2,9H2,1H3;1-4,8-11,13-15H,5H2;1-4,9-10H;1-3H3. The summed E-state index contributed by atoms with van der Waals surface area (Å²) in [5, 5.41) is 76.7. The lowest BCUT2D eigenvalue weighted by Crippen LogP contribution is -2.54. The number of aliphatic hydroxyl groups is 6. The van der Waals surface area contributed by atoms with E-state index >= 15 is 0 Å². The normalized spacial score (nSPS) is 21.4. The molecule has 0 amide bonds. The van der Waals surface area contributed by atoms with Gasteiger partial charge in [-0.15, -0.1) is 0 Å². The van der Waals surface area contributed by atoms with E-state index in [0.29, 0.717) is 27.0 Å². The fourth-order valence-electron chi connectivity index (χ4n) is 6.08. The van der Waals surface area contributed by atoms with Gasteiger partial charge in [-0.05, 0) is 163 Å². The third kappa shape index (κ3) is 19.7. The Kier molecular flexibility index (Phi) is 25.4. The van der Waals surface area contributed by atoms with Gasteiger partial charge in [0.1, 0.15) is 48.1 Å². The van der Waals surface area contributed by atoms with E-state index in [0.717, 1.165) is 37.8 Å². The molecule has 15 nitrogen and oxygen atoms in total. The monoisotopic (exact) mass is 1180 g/mol. The lowest BCUT2D eigenvalue weighted by atomic mass is 9.81. The molecule has 4 aromatic carbocycles. The second-order valence-corrected chi connectivity index (χ2v) is 18.8. The highest BCUT2D eigenvalue weighted by Gasteiger charge is 2.40. The van der Waals surface area contributed by atoms with Gasteiger partial charge in [-0.25, -0.2) is 0 Å². The Morgan fingerprint density at radius 1 is 0.614 bits per heavy atom. The number of benzene rings is 4. The average Bonchev–Trinajstić information content (AvgIpc) is 3.36. The Balaban J connectivity index is 0.000000204. The van der Waals surface area contributed by atoms with Gasteiger partial charge >= 0.3 is 7.12 Å². The van der Waals surface area contributed by atoms with Crippen LogP contribution in [-0.2, 0) is 21.2 Å². The molecule has 6 aromatic rings. The van der Waals surface area contributed by atoms with Crippen molar-refractivity contribution in [2.75, 3.05) is 34.4 Å². The number of hydrogen-bond acceptors (Lipinski definition) is 15. The van der Waals surface area contributed by atoms with Crippen molar-refractivity contribution in [1.82, 2.24) is 14.9 Å². The van der Waals surface area contributed by atoms with Gasteiger partial charge in [0.05, 0.1) is 24.6 Å². The van der Waals surface area contributed by atoms with Gasteiger partial charge in [0, 0.05) is 31.3 Å². The highest BCUT2D eigenvalue weighted by molar-refractivity contribution is 14.1. The van der Waals surface area contributed by atoms with Crippen LogP contribution >= 0.6 is 61.7 Å². The molecule has 2 fully saturated rings. The predicted octanol–water partition coefficient (Wildman–Crippen LogP) is 5.73.